The molecule has 0 spiro atoms. The lowest BCUT2D eigenvalue weighted by Crippen LogP contribution is -2.47. The van der Waals surface area contributed by atoms with Gasteiger partial charge in [-0.15, -0.1) is 0 Å². The summed E-state index contributed by atoms with van der Waals surface area (Å²) < 4.78 is 60.9. The molecule has 9 nitrogen and oxygen atoms in total. The van der Waals surface area contributed by atoms with Crippen LogP contribution < -0.4 is 14.6 Å². The molecule has 0 saturated heterocycles. The van der Waals surface area contributed by atoms with Crippen molar-refractivity contribution < 1.29 is 51.5 Å². The number of hydrogen-bond donors (Lipinski definition) is 4. The third-order valence-corrected chi connectivity index (χ3v) is 7.39. The quantitative estimate of drug-likeness (QED) is 0.213. The molecule has 4 N–H and O–H groups in total. The molecule has 1 amide bonds. The first kappa shape index (κ1) is 30.1. The predicted molar refractivity (Wildman–Crippen MR) is 146 cm³/mol. The van der Waals surface area contributed by atoms with Crippen molar-refractivity contribution in [1.82, 2.24) is 5.32 Å². The zero-order chi connectivity index (χ0) is 26.0. The Morgan fingerprint density at radius 3 is 1.85 bits per heavy atom. The number of aliphatic carboxylic acids is 1. The Morgan fingerprint density at radius 1 is 0.971 bits per heavy atom. The summed E-state index contributed by atoms with van der Waals surface area (Å²) >= 11 is 7.46. The highest BCUT2D eigenvalue weighted by Crippen LogP contribution is 2.44. The first-order chi connectivity index (χ1) is 15.5. The number of carbonyl (C=O) groups is 2. The van der Waals surface area contributed by atoms with Crippen molar-refractivity contribution in [2.75, 3.05) is 0 Å². The number of benzene rings is 2. The molecule has 1 atom stereocenters. The number of carboxylic acid groups (broad SMARTS) is 1. The second-order valence-electron chi connectivity index (χ2n) is 6.35. The molecule has 34 heavy (non-hydrogen) atoms. The van der Waals surface area contributed by atoms with E-state index in [2.05, 4.69) is 4.52 Å². The van der Waals surface area contributed by atoms with Gasteiger partial charge in [0.25, 0.3) is 0 Å². The summed E-state index contributed by atoms with van der Waals surface area (Å²) in [6.45, 7) is 0. The molecule has 0 aliphatic carbocycles. The fourth-order valence-electron chi connectivity index (χ4n) is 2.42. The molecule has 0 aliphatic rings. The topological polar surface area (TPSA) is 142 Å². The van der Waals surface area contributed by atoms with E-state index in [9.17, 15) is 32.4 Å². The lowest BCUT2D eigenvalue weighted by Gasteiger charge is -2.18. The van der Waals surface area contributed by atoms with E-state index in [-0.39, 0.29) is 5.75 Å². The average Bonchev–Trinajstić information content (AvgIpc) is 2.65. The minimum Gasteiger partial charge on any atom is -0.480 e. The van der Waals surface area contributed by atoms with Crippen LogP contribution in [0, 0.1) is 14.3 Å². The highest BCUT2D eigenvalue weighted by molar-refractivity contribution is 14.1. The van der Waals surface area contributed by atoms with Crippen molar-refractivity contribution in [1.29, 1.82) is 0 Å². The Kier molecular flexibility index (Phi) is 10.5. The molecule has 2 rings (SSSR count). The van der Waals surface area contributed by atoms with Crippen molar-refractivity contribution in [3.63, 3.8) is 0 Å². The van der Waals surface area contributed by atoms with Gasteiger partial charge in [-0.05, 0) is 120 Å². The molecule has 0 aliphatic heterocycles. The van der Waals surface area contributed by atoms with Gasteiger partial charge in [0.2, 0.25) is 0 Å². The summed E-state index contributed by atoms with van der Waals surface area (Å²) in [4.78, 5) is 40.6. The van der Waals surface area contributed by atoms with Crippen LogP contribution in [0.15, 0.2) is 24.3 Å². The first-order valence-electron chi connectivity index (χ1n) is 8.48. The minimum atomic E-state index is -5.21. The third kappa shape index (κ3) is 8.75. The Bertz CT molecular complexity index is 1130. The van der Waals surface area contributed by atoms with Gasteiger partial charge in [0.1, 0.15) is 11.8 Å². The highest BCUT2D eigenvalue weighted by Gasteiger charge is 2.40. The lowest BCUT2D eigenvalue weighted by atomic mass is 10.1. The molecule has 2 aromatic carbocycles. The molecule has 0 aromatic heterocycles. The molecular formula is C17H11F3I4NO8P. The van der Waals surface area contributed by atoms with Crippen molar-refractivity contribution >= 4 is 110 Å². The number of rotatable bonds is 8. The maximum atomic E-state index is 12.5. The molecule has 186 valence electrons. The van der Waals surface area contributed by atoms with Gasteiger partial charge in [0.15, 0.2) is 11.5 Å². The van der Waals surface area contributed by atoms with Gasteiger partial charge in [0, 0.05) is 6.42 Å². The largest absolute Gasteiger partial charge is 0.524 e. The Hall–Kier alpha value is -0.160. The molecule has 0 unspecified atom stereocenters. The Morgan fingerprint density at radius 2 is 1.44 bits per heavy atom. The van der Waals surface area contributed by atoms with E-state index >= 15 is 0 Å². The van der Waals surface area contributed by atoms with Crippen molar-refractivity contribution in [3.05, 3.63) is 44.1 Å². The van der Waals surface area contributed by atoms with Crippen molar-refractivity contribution in [2.45, 2.75) is 18.6 Å². The van der Waals surface area contributed by atoms with E-state index in [1.807, 2.05) is 90.4 Å². The van der Waals surface area contributed by atoms with Gasteiger partial charge in [-0.1, -0.05) is 0 Å². The molecule has 0 fully saturated rings. The number of phosphoric acid groups is 1. The maximum Gasteiger partial charge on any atom is 0.524 e. The number of hydrogen-bond acceptors (Lipinski definition) is 5. The van der Waals surface area contributed by atoms with E-state index in [0.29, 0.717) is 31.3 Å². The van der Waals surface area contributed by atoms with Crippen LogP contribution in [-0.2, 0) is 20.6 Å². The third-order valence-electron chi connectivity index (χ3n) is 3.76. The number of phosphoric ester groups is 1. The molecule has 17 heteroatoms. The lowest BCUT2D eigenvalue weighted by molar-refractivity contribution is -0.175. The van der Waals surface area contributed by atoms with E-state index < -0.39 is 38.3 Å². The van der Waals surface area contributed by atoms with Crippen LogP contribution in [0.2, 0.25) is 0 Å². The van der Waals surface area contributed by atoms with Crippen molar-refractivity contribution in [2.24, 2.45) is 0 Å². The number of ether oxygens (including phenoxy) is 1. The molecule has 0 bridgehead atoms. The molecular weight excluding hydrogens is 942 g/mol. The number of amides is 1. The highest BCUT2D eigenvalue weighted by atomic mass is 127. The smallest absolute Gasteiger partial charge is 0.480 e. The summed E-state index contributed by atoms with van der Waals surface area (Å²) in [6.07, 6.45) is -5.61. The second-order valence-corrected chi connectivity index (χ2v) is 12.2. The molecule has 0 radical (unpaired) electrons. The van der Waals surface area contributed by atoms with Gasteiger partial charge in [-0.2, -0.15) is 13.2 Å². The number of carbonyl (C=O) groups excluding carboxylic acids is 1. The van der Waals surface area contributed by atoms with Gasteiger partial charge < -0.3 is 19.7 Å². The van der Waals surface area contributed by atoms with Crippen molar-refractivity contribution in [3.8, 4) is 17.2 Å². The van der Waals surface area contributed by atoms with Crippen LogP contribution in [0.3, 0.4) is 0 Å². The monoisotopic (exact) mass is 953 g/mol. The SMILES string of the molecule is O=C(O)[C@H](Cc1cc(I)c(Oc2cc(I)c(OP(=O)(O)O)c(I)c2)c(I)c1)NC(=O)C(F)(F)F. The average molecular weight is 953 g/mol. The van der Waals surface area contributed by atoms with E-state index in [1.165, 1.54) is 29.6 Å². The van der Waals surface area contributed by atoms with E-state index in [0.717, 1.165) is 0 Å². The summed E-state index contributed by atoms with van der Waals surface area (Å²) in [5.41, 5.74) is 0.352. The second kappa shape index (κ2) is 11.9. The van der Waals surface area contributed by atoms with Gasteiger partial charge in [-0.3, -0.25) is 14.6 Å². The normalized spacial score (nSPS) is 12.7. The predicted octanol–water partition coefficient (Wildman–Crippen LogP) is 5.04. The molecule has 0 heterocycles. The van der Waals surface area contributed by atoms with Gasteiger partial charge >= 0.3 is 25.9 Å². The summed E-state index contributed by atoms with van der Waals surface area (Å²) in [6, 6.07) is 4.20. The van der Waals surface area contributed by atoms with Crippen LogP contribution in [-0.4, -0.2) is 39.0 Å². The van der Waals surface area contributed by atoms with Gasteiger partial charge in [0.05, 0.1) is 14.3 Å². The number of alkyl halides is 3. The maximum absolute atomic E-state index is 12.5. The van der Waals surface area contributed by atoms with Crippen LogP contribution in [0.1, 0.15) is 5.56 Å². The number of nitrogens with one attached hydrogen (secondary N) is 1. The minimum absolute atomic E-state index is 0.0118. The number of carboxylic acids is 1. The Labute approximate surface area is 244 Å². The summed E-state index contributed by atoms with van der Waals surface area (Å²) in [5, 5.41) is 10.7. The fraction of sp³-hybridized carbons (Fsp3) is 0.176. The standard InChI is InChI=1S/C17H11F3I4NO8P/c18-17(19,20)16(28)25-12(15(26)27)3-6-1-8(21)13(9(22)2-6)32-7-4-10(23)14(11(24)5-7)33-34(29,30)31/h1-2,4-5,12H,3H2,(H,25,28)(H,26,27)(H2,29,30,31)/t12-/m0/s1. The van der Waals surface area contributed by atoms with Crippen LogP contribution in [0.4, 0.5) is 13.2 Å². The molecule has 0 saturated carbocycles. The summed E-state index contributed by atoms with van der Waals surface area (Å²) in [7, 11) is -4.76. The van der Waals surface area contributed by atoms with E-state index in [4.69, 9.17) is 14.5 Å². The van der Waals surface area contributed by atoms with Crippen LogP contribution in [0.5, 0.6) is 17.2 Å². The molecule has 2 aromatic rings. The number of halogens is 7. The zero-order valence-electron chi connectivity index (χ0n) is 16.1. The van der Waals surface area contributed by atoms with Gasteiger partial charge in [-0.25, -0.2) is 9.36 Å². The van der Waals surface area contributed by atoms with E-state index in [1.54, 1.807) is 0 Å². The fourth-order valence-corrected chi connectivity index (χ4v) is 7.25. The summed E-state index contributed by atoms with van der Waals surface area (Å²) in [5.74, 6) is -3.30. The van der Waals surface area contributed by atoms with Crippen LogP contribution in [0.25, 0.3) is 0 Å². The Balaban J connectivity index is 2.28. The first-order valence-corrected chi connectivity index (χ1v) is 14.3. The van der Waals surface area contributed by atoms with Crippen LogP contribution >= 0.6 is 98.2 Å². The zero-order valence-corrected chi connectivity index (χ0v) is 25.6.